The third-order valence-electron chi connectivity index (χ3n) is 4.68. The molecule has 1 aromatic rings. The third-order valence-corrected chi connectivity index (χ3v) is 5.96. The molecule has 0 unspecified atom stereocenters. The lowest BCUT2D eigenvalue weighted by Crippen LogP contribution is -2.29. The summed E-state index contributed by atoms with van der Waals surface area (Å²) in [5.74, 6) is 0.495. The van der Waals surface area contributed by atoms with E-state index >= 15 is 0 Å². The molecule has 0 radical (unpaired) electrons. The highest BCUT2D eigenvalue weighted by Crippen LogP contribution is 2.46. The predicted octanol–water partition coefficient (Wildman–Crippen LogP) is 6.39. The smallest absolute Gasteiger partial charge is 0.0423 e. The maximum atomic E-state index is 6.30. The van der Waals surface area contributed by atoms with Crippen molar-refractivity contribution in [2.45, 2.75) is 12.8 Å². The molecule has 0 bridgehead atoms. The summed E-state index contributed by atoms with van der Waals surface area (Å²) in [4.78, 5) is 0. The molecule has 1 aliphatic carbocycles. The zero-order valence-corrected chi connectivity index (χ0v) is 16.9. The van der Waals surface area contributed by atoms with Crippen LogP contribution < -0.4 is 5.32 Å². The molecule has 2 aliphatic heterocycles. The summed E-state index contributed by atoms with van der Waals surface area (Å²) >= 11 is 13.6. The standard InChI is InChI=1S/C19H16Br2ClN2/c20-14-7-13-2-1-12-8-15(22)9-16(21)17(12)18(19(13)24-10-14)11-3-5-23-6-4-11/h1-2,7-11,23H,3-6H2/q-1. The minimum atomic E-state index is 0.495. The van der Waals surface area contributed by atoms with Gasteiger partial charge >= 0.3 is 0 Å². The fraction of sp³-hybridized carbons (Fsp3) is 0.263. The Kier molecular flexibility index (Phi) is 4.74. The Morgan fingerprint density at radius 2 is 1.92 bits per heavy atom. The van der Waals surface area contributed by atoms with E-state index in [0.29, 0.717) is 5.92 Å². The van der Waals surface area contributed by atoms with Gasteiger partial charge in [0, 0.05) is 9.50 Å². The van der Waals surface area contributed by atoms with Crippen molar-refractivity contribution in [1.29, 1.82) is 0 Å². The van der Waals surface area contributed by atoms with Crippen LogP contribution >= 0.6 is 43.5 Å². The van der Waals surface area contributed by atoms with Gasteiger partial charge in [-0.25, -0.2) is 0 Å². The van der Waals surface area contributed by atoms with Gasteiger partial charge in [-0.05, 0) is 76.8 Å². The van der Waals surface area contributed by atoms with Gasteiger partial charge in [0.05, 0.1) is 0 Å². The number of hydrogen-bond donors (Lipinski definition) is 1. The predicted molar refractivity (Wildman–Crippen MR) is 109 cm³/mol. The molecule has 0 saturated carbocycles. The number of rotatable bonds is 1. The second-order valence-electron chi connectivity index (χ2n) is 6.21. The zero-order valence-electron chi connectivity index (χ0n) is 13.0. The second-order valence-corrected chi connectivity index (χ2v) is 8.42. The summed E-state index contributed by atoms with van der Waals surface area (Å²) in [7, 11) is 0. The van der Waals surface area contributed by atoms with Crippen molar-refractivity contribution >= 4 is 55.1 Å². The van der Waals surface area contributed by atoms with Crippen LogP contribution in [0.2, 0.25) is 5.02 Å². The second kappa shape index (κ2) is 6.83. The fourth-order valence-corrected chi connectivity index (χ4v) is 5.02. The van der Waals surface area contributed by atoms with Crippen LogP contribution in [0.1, 0.15) is 24.0 Å². The van der Waals surface area contributed by atoms with Crippen LogP contribution in [0.4, 0.5) is 0 Å². The van der Waals surface area contributed by atoms with Crippen LogP contribution in [0, 0.1) is 5.92 Å². The first-order valence-corrected chi connectivity index (χ1v) is 10.0. The van der Waals surface area contributed by atoms with Gasteiger partial charge in [-0.1, -0.05) is 55.6 Å². The Hall–Kier alpha value is -0.810. The molecule has 1 aromatic carbocycles. The van der Waals surface area contributed by atoms with E-state index in [2.05, 4.69) is 55.4 Å². The normalized spacial score (nSPS) is 20.6. The summed E-state index contributed by atoms with van der Waals surface area (Å²) in [6.07, 6.45) is 10.6. The highest BCUT2D eigenvalue weighted by molar-refractivity contribution is 9.12. The van der Waals surface area contributed by atoms with Crippen LogP contribution in [-0.4, -0.2) is 13.1 Å². The Morgan fingerprint density at radius 1 is 1.12 bits per heavy atom. The quantitative estimate of drug-likeness (QED) is 0.509. The first kappa shape index (κ1) is 16.6. The molecule has 0 aromatic heterocycles. The van der Waals surface area contributed by atoms with Crippen LogP contribution in [0.3, 0.4) is 0 Å². The molecule has 124 valence electrons. The van der Waals surface area contributed by atoms with E-state index in [1.807, 2.05) is 18.3 Å². The highest BCUT2D eigenvalue weighted by Gasteiger charge is 2.25. The molecule has 1 N–H and O–H groups in total. The summed E-state index contributed by atoms with van der Waals surface area (Å²) in [5, 5.41) is 8.99. The van der Waals surface area contributed by atoms with Gasteiger partial charge < -0.3 is 10.6 Å². The van der Waals surface area contributed by atoms with Crippen molar-refractivity contribution in [3.8, 4) is 0 Å². The molecule has 0 atom stereocenters. The molecule has 1 fully saturated rings. The van der Waals surface area contributed by atoms with Crippen molar-refractivity contribution in [1.82, 2.24) is 5.32 Å². The molecule has 1 saturated heterocycles. The lowest BCUT2D eigenvalue weighted by molar-refractivity contribution is 0.446. The van der Waals surface area contributed by atoms with Gasteiger partial charge in [-0.2, -0.15) is 6.20 Å². The lowest BCUT2D eigenvalue weighted by Gasteiger charge is -2.36. The van der Waals surface area contributed by atoms with E-state index in [1.54, 1.807) is 0 Å². The molecule has 5 heteroatoms. The molecular weight excluding hydrogens is 451 g/mol. The van der Waals surface area contributed by atoms with Crippen LogP contribution in [-0.2, 0) is 0 Å². The minimum absolute atomic E-state index is 0.495. The number of halogens is 3. The molecular formula is C19H16Br2ClN2-. The van der Waals surface area contributed by atoms with Gasteiger partial charge in [-0.15, -0.1) is 5.70 Å². The average molecular weight is 468 g/mol. The number of nitrogens with one attached hydrogen (secondary N) is 1. The summed E-state index contributed by atoms with van der Waals surface area (Å²) < 4.78 is 2.04. The van der Waals surface area contributed by atoms with Crippen LogP contribution in [0.25, 0.3) is 17.0 Å². The van der Waals surface area contributed by atoms with E-state index in [0.717, 1.165) is 56.7 Å². The number of benzene rings is 1. The van der Waals surface area contributed by atoms with Crippen molar-refractivity contribution in [2.24, 2.45) is 5.92 Å². The van der Waals surface area contributed by atoms with E-state index in [9.17, 15) is 0 Å². The van der Waals surface area contributed by atoms with E-state index in [1.165, 1.54) is 11.1 Å². The lowest BCUT2D eigenvalue weighted by atomic mass is 9.82. The van der Waals surface area contributed by atoms with E-state index in [-0.39, 0.29) is 0 Å². The molecule has 2 heterocycles. The van der Waals surface area contributed by atoms with Crippen molar-refractivity contribution in [3.05, 3.63) is 72.2 Å². The zero-order chi connectivity index (χ0) is 16.7. The van der Waals surface area contributed by atoms with Gasteiger partial charge in [0.2, 0.25) is 0 Å². The van der Waals surface area contributed by atoms with Crippen LogP contribution in [0.5, 0.6) is 0 Å². The fourth-order valence-electron chi connectivity index (χ4n) is 3.62. The minimum Gasteiger partial charge on any atom is -0.662 e. The van der Waals surface area contributed by atoms with E-state index < -0.39 is 0 Å². The highest BCUT2D eigenvalue weighted by atomic mass is 79.9. The molecule has 24 heavy (non-hydrogen) atoms. The Bertz CT molecular complexity index is 815. The van der Waals surface area contributed by atoms with E-state index in [4.69, 9.17) is 16.9 Å². The maximum Gasteiger partial charge on any atom is 0.0423 e. The number of piperidine rings is 1. The van der Waals surface area contributed by atoms with Crippen molar-refractivity contribution in [3.63, 3.8) is 0 Å². The van der Waals surface area contributed by atoms with Crippen molar-refractivity contribution < 1.29 is 0 Å². The number of fused-ring (bicyclic) bond motifs is 2. The SMILES string of the molecule is Clc1cc(Br)c2c(c1)C=CC1=CC(Br)=C[N-]C1=C2C1CCNCC1. The van der Waals surface area contributed by atoms with Crippen molar-refractivity contribution in [2.75, 3.05) is 13.1 Å². The molecule has 4 rings (SSSR count). The third kappa shape index (κ3) is 3.05. The average Bonchev–Trinajstić information content (AvgIpc) is 2.72. The Labute approximate surface area is 164 Å². The molecule has 0 amide bonds. The van der Waals surface area contributed by atoms with Gasteiger partial charge in [0.15, 0.2) is 0 Å². The summed E-state index contributed by atoms with van der Waals surface area (Å²) in [5.41, 5.74) is 5.95. The molecule has 3 aliphatic rings. The first-order chi connectivity index (χ1) is 11.6. The van der Waals surface area contributed by atoms with Gasteiger partial charge in [0.1, 0.15) is 0 Å². The summed E-state index contributed by atoms with van der Waals surface area (Å²) in [6, 6.07) is 4.03. The van der Waals surface area contributed by atoms with Crippen LogP contribution in [0.15, 0.2) is 50.7 Å². The van der Waals surface area contributed by atoms with Gasteiger partial charge in [0.25, 0.3) is 0 Å². The number of nitrogens with zero attached hydrogens (tertiary/aromatic N) is 1. The monoisotopic (exact) mass is 465 g/mol. The largest absolute Gasteiger partial charge is 0.662 e. The summed E-state index contributed by atoms with van der Waals surface area (Å²) in [6.45, 7) is 2.10. The Morgan fingerprint density at radius 3 is 2.71 bits per heavy atom. The Balaban J connectivity index is 1.96. The van der Waals surface area contributed by atoms with Gasteiger partial charge in [-0.3, -0.25) is 0 Å². The molecule has 2 nitrogen and oxygen atoms in total. The first-order valence-electron chi connectivity index (χ1n) is 8.04. The number of allylic oxidation sites excluding steroid dienone is 4. The number of hydrogen-bond acceptors (Lipinski definition) is 1. The molecule has 0 spiro atoms. The topological polar surface area (TPSA) is 26.1 Å². The maximum absolute atomic E-state index is 6.30.